The van der Waals surface area contributed by atoms with Gasteiger partial charge in [-0.2, -0.15) is 0 Å². The zero-order valence-electron chi connectivity index (χ0n) is 6.19. The van der Waals surface area contributed by atoms with E-state index in [9.17, 15) is 0 Å². The molecule has 0 spiro atoms. The summed E-state index contributed by atoms with van der Waals surface area (Å²) in [7, 11) is 1.59. The smallest absolute Gasteiger partial charge is 0.106 e. The lowest BCUT2D eigenvalue weighted by Crippen LogP contribution is -2.04. The van der Waals surface area contributed by atoms with Crippen LogP contribution in [0.4, 0.5) is 0 Å². The molecule has 2 rings (SSSR count). The average molecular weight is 148 g/mol. The van der Waals surface area contributed by atoms with Crippen molar-refractivity contribution < 1.29 is 4.84 Å². The molecule has 0 amide bonds. The molecule has 0 saturated heterocycles. The molecular weight excluding hydrogens is 140 g/mol. The number of rotatable bonds is 1. The molecule has 0 radical (unpaired) electrons. The molecule has 0 unspecified atom stereocenters. The summed E-state index contributed by atoms with van der Waals surface area (Å²) >= 11 is 0. The van der Waals surface area contributed by atoms with Gasteiger partial charge in [0.2, 0.25) is 0 Å². The Morgan fingerprint density at radius 3 is 2.91 bits per heavy atom. The van der Waals surface area contributed by atoms with Crippen LogP contribution in [0.2, 0.25) is 0 Å². The predicted molar refractivity (Wildman–Crippen MR) is 42.2 cm³/mol. The van der Waals surface area contributed by atoms with Gasteiger partial charge < -0.3 is 4.84 Å². The fraction of sp³-hybridized carbons (Fsp3) is 0.125. The van der Waals surface area contributed by atoms with Crippen molar-refractivity contribution in [2.24, 2.45) is 0 Å². The zero-order chi connectivity index (χ0) is 7.68. The van der Waals surface area contributed by atoms with Crippen LogP contribution in [0, 0.1) is 0 Å². The summed E-state index contributed by atoms with van der Waals surface area (Å²) in [6, 6.07) is 7.88. The van der Waals surface area contributed by atoms with E-state index >= 15 is 0 Å². The van der Waals surface area contributed by atoms with Crippen molar-refractivity contribution in [3.05, 3.63) is 30.5 Å². The maximum atomic E-state index is 4.90. The topological polar surface area (TPSA) is 27.1 Å². The Balaban J connectivity index is 2.69. The molecule has 0 bridgehead atoms. The Hall–Kier alpha value is -1.51. The van der Waals surface area contributed by atoms with E-state index in [-0.39, 0.29) is 0 Å². The number of hydrogen-bond acceptors (Lipinski definition) is 2. The van der Waals surface area contributed by atoms with Crippen molar-refractivity contribution in [1.29, 1.82) is 0 Å². The fourth-order valence-electron chi connectivity index (χ4n) is 1.04. The highest BCUT2D eigenvalue weighted by Crippen LogP contribution is 2.09. The van der Waals surface area contributed by atoms with Crippen LogP contribution in [0.5, 0.6) is 0 Å². The summed E-state index contributed by atoms with van der Waals surface area (Å²) in [5, 5.41) is 5.22. The summed E-state index contributed by atoms with van der Waals surface area (Å²) in [5.74, 6) is 0. The quantitative estimate of drug-likeness (QED) is 0.605. The number of fused-ring (bicyclic) bond motifs is 1. The minimum absolute atomic E-state index is 0.953. The van der Waals surface area contributed by atoms with Gasteiger partial charge in [0.05, 0.1) is 11.7 Å². The lowest BCUT2D eigenvalue weighted by molar-refractivity contribution is 0.136. The molecule has 56 valence electrons. The van der Waals surface area contributed by atoms with Gasteiger partial charge in [-0.05, 0) is 6.07 Å². The average Bonchev–Trinajstić information content (AvgIpc) is 2.46. The second-order valence-electron chi connectivity index (χ2n) is 2.27. The fourth-order valence-corrected chi connectivity index (χ4v) is 1.04. The molecule has 0 aliphatic heterocycles. The molecule has 0 aliphatic carbocycles. The van der Waals surface area contributed by atoms with E-state index in [1.807, 2.05) is 30.5 Å². The zero-order valence-corrected chi connectivity index (χ0v) is 6.19. The summed E-state index contributed by atoms with van der Waals surface area (Å²) in [5.41, 5.74) is 0.953. The molecule has 0 fully saturated rings. The third kappa shape index (κ3) is 0.941. The Kier molecular flexibility index (Phi) is 1.28. The second-order valence-corrected chi connectivity index (χ2v) is 2.27. The van der Waals surface area contributed by atoms with Crippen LogP contribution >= 0.6 is 0 Å². The molecule has 1 aromatic heterocycles. The van der Waals surface area contributed by atoms with E-state index in [0.29, 0.717) is 0 Å². The van der Waals surface area contributed by atoms with E-state index in [1.54, 1.807) is 7.11 Å². The highest BCUT2D eigenvalue weighted by Gasteiger charge is 1.96. The van der Waals surface area contributed by atoms with Crippen molar-refractivity contribution in [1.82, 2.24) is 9.94 Å². The number of aromatic nitrogens is 2. The van der Waals surface area contributed by atoms with Gasteiger partial charge in [-0.1, -0.05) is 18.2 Å². The maximum absolute atomic E-state index is 4.90. The van der Waals surface area contributed by atoms with Gasteiger partial charge in [-0.3, -0.25) is 0 Å². The van der Waals surface area contributed by atoms with E-state index in [4.69, 9.17) is 4.84 Å². The number of benzene rings is 1. The van der Waals surface area contributed by atoms with Gasteiger partial charge in [-0.25, -0.2) is 0 Å². The predicted octanol–water partition coefficient (Wildman–Crippen LogP) is 1.09. The van der Waals surface area contributed by atoms with Gasteiger partial charge >= 0.3 is 0 Å². The van der Waals surface area contributed by atoms with Crippen molar-refractivity contribution in [2.45, 2.75) is 0 Å². The Morgan fingerprint density at radius 2 is 2.18 bits per heavy atom. The number of hydrogen-bond donors (Lipinski definition) is 0. The van der Waals surface area contributed by atoms with Gasteiger partial charge in [0.25, 0.3) is 0 Å². The molecular formula is C8H8N2O. The molecule has 1 aromatic carbocycles. The van der Waals surface area contributed by atoms with E-state index < -0.39 is 0 Å². The first-order valence-electron chi connectivity index (χ1n) is 3.39. The van der Waals surface area contributed by atoms with Gasteiger partial charge in [0.1, 0.15) is 7.11 Å². The second kappa shape index (κ2) is 2.27. The molecule has 2 aromatic rings. The number of nitrogens with zero attached hydrogens (tertiary/aromatic N) is 2. The summed E-state index contributed by atoms with van der Waals surface area (Å²) in [4.78, 5) is 6.35. The summed E-state index contributed by atoms with van der Waals surface area (Å²) < 4.78 is 0. The van der Waals surface area contributed by atoms with E-state index in [1.165, 1.54) is 4.85 Å². The Bertz CT molecular complexity index is 334. The van der Waals surface area contributed by atoms with Gasteiger partial charge in [0.15, 0.2) is 0 Å². The molecule has 0 saturated carbocycles. The Morgan fingerprint density at radius 1 is 1.36 bits per heavy atom. The highest BCUT2D eigenvalue weighted by atomic mass is 16.7. The minimum Gasteiger partial charge on any atom is -0.400 e. The minimum atomic E-state index is 0.953. The van der Waals surface area contributed by atoms with Gasteiger partial charge in [0, 0.05) is 5.39 Å². The van der Waals surface area contributed by atoms with Crippen LogP contribution < -0.4 is 4.84 Å². The largest absolute Gasteiger partial charge is 0.400 e. The van der Waals surface area contributed by atoms with Crippen LogP contribution in [0.1, 0.15) is 0 Å². The van der Waals surface area contributed by atoms with Gasteiger partial charge in [-0.15, -0.1) is 9.94 Å². The van der Waals surface area contributed by atoms with Crippen LogP contribution in [0.15, 0.2) is 30.5 Å². The first-order chi connectivity index (χ1) is 5.40. The first kappa shape index (κ1) is 6.22. The van der Waals surface area contributed by atoms with E-state index in [0.717, 1.165) is 10.9 Å². The van der Waals surface area contributed by atoms with Crippen LogP contribution in [-0.2, 0) is 0 Å². The third-order valence-electron chi connectivity index (χ3n) is 1.58. The molecule has 0 aliphatic rings. The molecule has 0 N–H and O–H groups in total. The summed E-state index contributed by atoms with van der Waals surface area (Å²) in [6.07, 6.45) is 1.84. The van der Waals surface area contributed by atoms with Crippen molar-refractivity contribution in [3.63, 3.8) is 0 Å². The SMILES string of the molecule is COn1cc2ccccc2n1. The normalized spacial score (nSPS) is 10.3. The monoisotopic (exact) mass is 148 g/mol. The highest BCUT2D eigenvalue weighted by molar-refractivity contribution is 5.77. The molecule has 3 nitrogen and oxygen atoms in total. The molecule has 0 atom stereocenters. The van der Waals surface area contributed by atoms with Crippen LogP contribution in [-0.4, -0.2) is 17.1 Å². The van der Waals surface area contributed by atoms with Crippen LogP contribution in [0.25, 0.3) is 10.9 Å². The lowest BCUT2D eigenvalue weighted by atomic mass is 10.3. The molecule has 3 heteroatoms. The lowest BCUT2D eigenvalue weighted by Gasteiger charge is -1.92. The van der Waals surface area contributed by atoms with Crippen molar-refractivity contribution in [2.75, 3.05) is 7.11 Å². The van der Waals surface area contributed by atoms with Crippen molar-refractivity contribution >= 4 is 10.9 Å². The third-order valence-corrected chi connectivity index (χ3v) is 1.58. The Labute approximate surface area is 64.2 Å². The first-order valence-corrected chi connectivity index (χ1v) is 3.39. The van der Waals surface area contributed by atoms with Crippen molar-refractivity contribution in [3.8, 4) is 0 Å². The van der Waals surface area contributed by atoms with E-state index in [2.05, 4.69) is 5.10 Å². The van der Waals surface area contributed by atoms with Crippen LogP contribution in [0.3, 0.4) is 0 Å². The molecule has 1 heterocycles. The maximum Gasteiger partial charge on any atom is 0.106 e. The molecule has 11 heavy (non-hydrogen) atoms. The standard InChI is InChI=1S/C8H8N2O/c1-11-10-6-7-4-2-3-5-8(7)9-10/h2-6H,1H3. The summed E-state index contributed by atoms with van der Waals surface area (Å²) in [6.45, 7) is 0.